The Morgan fingerprint density at radius 1 is 0.500 bits per heavy atom. The molecule has 0 bridgehead atoms. The van der Waals surface area contributed by atoms with Gasteiger partial charge in [-0.3, -0.25) is 28.4 Å². The summed E-state index contributed by atoms with van der Waals surface area (Å²) < 4.78 is 62.5. The molecule has 16 heteroatoms. The number of nitrogens with zero attached hydrogens (tertiary/aromatic N) is 2. The smallest absolute Gasteiger partial charge is 0.349 e. The van der Waals surface area contributed by atoms with Crippen molar-refractivity contribution in [2.75, 3.05) is 32.7 Å². The van der Waals surface area contributed by atoms with Gasteiger partial charge in [-0.2, -0.15) is 0 Å². The molecule has 0 saturated carbocycles. The Morgan fingerprint density at radius 2 is 0.838 bits per heavy atom. The monoisotopic (exact) mass is 956 g/mol. The number of rotatable bonds is 22. The molecular weight excluding hydrogens is 903 g/mol. The summed E-state index contributed by atoms with van der Waals surface area (Å²) in [5.74, 6) is -1.43. The molecule has 2 aliphatic heterocycles. The molecule has 6 aromatic rings. The number of amides is 3. The normalized spacial score (nSPS) is 16.4. The fourth-order valence-corrected chi connectivity index (χ4v) is 13.3. The first-order valence-electron chi connectivity index (χ1n) is 22.5. The molecule has 0 unspecified atom stereocenters. The highest BCUT2D eigenvalue weighted by Crippen LogP contribution is 2.72. The van der Waals surface area contributed by atoms with Gasteiger partial charge in [-0.25, -0.2) is 0 Å². The number of epoxide rings is 1. The molecule has 2 aliphatic rings. The number of nitrogens with one attached hydrogen (secondary N) is 2. The van der Waals surface area contributed by atoms with E-state index < -0.39 is 56.7 Å². The zero-order valence-corrected chi connectivity index (χ0v) is 39.2. The van der Waals surface area contributed by atoms with Crippen molar-refractivity contribution >= 4 is 32.9 Å². The molecular formula is C52H54N4O10P2. The van der Waals surface area contributed by atoms with E-state index in [1.807, 2.05) is 182 Å². The molecule has 2 heterocycles. The highest BCUT2D eigenvalue weighted by atomic mass is 31.2. The molecule has 0 aliphatic carbocycles. The van der Waals surface area contributed by atoms with Crippen LogP contribution >= 0.6 is 15.2 Å². The molecule has 3 amide bonds. The fourth-order valence-electron chi connectivity index (χ4n) is 7.83. The van der Waals surface area contributed by atoms with E-state index in [9.17, 15) is 14.4 Å². The summed E-state index contributed by atoms with van der Waals surface area (Å²) in [4.78, 5) is 43.6. The van der Waals surface area contributed by atoms with E-state index in [4.69, 9.17) is 22.8 Å². The first-order chi connectivity index (χ1) is 33.2. The third-order valence-corrected chi connectivity index (χ3v) is 17.0. The van der Waals surface area contributed by atoms with Gasteiger partial charge in [0.25, 0.3) is 11.8 Å². The van der Waals surface area contributed by atoms with Gasteiger partial charge in [0.2, 0.25) is 11.4 Å². The second kappa shape index (κ2) is 23.3. The maximum atomic E-state index is 15.8. The van der Waals surface area contributed by atoms with Crippen LogP contribution in [0.4, 0.5) is 0 Å². The Kier molecular flexibility index (Phi) is 16.6. The lowest BCUT2D eigenvalue weighted by Crippen LogP contribution is -2.54. The summed E-state index contributed by atoms with van der Waals surface area (Å²) in [5.41, 5.74) is 3.03. The van der Waals surface area contributed by atoms with Crippen LogP contribution in [0.2, 0.25) is 0 Å². The van der Waals surface area contributed by atoms with Crippen molar-refractivity contribution in [2.45, 2.75) is 50.2 Å². The van der Waals surface area contributed by atoms with Crippen molar-refractivity contribution in [3.8, 4) is 0 Å². The second-order valence-corrected chi connectivity index (χ2v) is 20.9. The first-order valence-corrected chi connectivity index (χ1v) is 25.7. The van der Waals surface area contributed by atoms with Crippen molar-refractivity contribution < 1.29 is 46.3 Å². The third kappa shape index (κ3) is 12.9. The highest BCUT2D eigenvalue weighted by Gasteiger charge is 2.56. The Bertz CT molecular complexity index is 2410. The number of carbonyl (C=O) groups excluding carboxylic acids is 3. The van der Waals surface area contributed by atoms with E-state index >= 15 is 9.13 Å². The zero-order valence-electron chi connectivity index (χ0n) is 37.4. The van der Waals surface area contributed by atoms with Crippen LogP contribution in [0.3, 0.4) is 0 Å². The molecule has 14 nitrogen and oxygen atoms in total. The largest absolute Gasteiger partial charge is 0.360 e. The molecule has 0 spiro atoms. The minimum atomic E-state index is -4.52. The topological polar surface area (TPSA) is 165 Å². The lowest BCUT2D eigenvalue weighted by molar-refractivity contribution is -0.134. The number of benzene rings is 6. The molecule has 2 fully saturated rings. The van der Waals surface area contributed by atoms with Crippen LogP contribution in [0.25, 0.3) is 0 Å². The van der Waals surface area contributed by atoms with Crippen LogP contribution in [-0.2, 0) is 72.8 Å². The van der Waals surface area contributed by atoms with Gasteiger partial charge in [0.1, 0.15) is 0 Å². The van der Waals surface area contributed by atoms with Crippen molar-refractivity contribution in [1.82, 2.24) is 20.4 Å². The summed E-state index contributed by atoms with van der Waals surface area (Å²) >= 11 is 0. The summed E-state index contributed by atoms with van der Waals surface area (Å²) in [6, 6.07) is 55.3. The molecule has 8 rings (SSSR count). The number of carbonyl (C=O) groups is 3. The van der Waals surface area contributed by atoms with E-state index in [-0.39, 0.29) is 59.2 Å². The maximum absolute atomic E-state index is 15.8. The van der Waals surface area contributed by atoms with Crippen LogP contribution in [0.5, 0.6) is 0 Å². The van der Waals surface area contributed by atoms with Gasteiger partial charge in [-0.15, -0.1) is 0 Å². The molecule has 6 aromatic carbocycles. The number of hydrogen-bond acceptors (Lipinski definition) is 11. The Hall–Kier alpha value is -6.05. The molecule has 68 heavy (non-hydrogen) atoms. The first kappa shape index (κ1) is 48.4. The van der Waals surface area contributed by atoms with Crippen molar-refractivity contribution in [1.29, 1.82) is 0 Å². The Balaban J connectivity index is 0.974. The summed E-state index contributed by atoms with van der Waals surface area (Å²) in [6.45, 7) is -0.535. The zero-order chi connectivity index (χ0) is 47.2. The van der Waals surface area contributed by atoms with Gasteiger partial charge in [0.05, 0.1) is 39.0 Å². The van der Waals surface area contributed by atoms with Crippen molar-refractivity contribution in [2.24, 2.45) is 0 Å². The Morgan fingerprint density at radius 3 is 1.21 bits per heavy atom. The van der Waals surface area contributed by atoms with E-state index in [0.717, 1.165) is 11.1 Å². The number of piperazine rings is 1. The van der Waals surface area contributed by atoms with E-state index in [1.54, 1.807) is 9.80 Å². The van der Waals surface area contributed by atoms with Crippen LogP contribution in [0.15, 0.2) is 182 Å². The number of hydrogen-bond donors (Lipinski definition) is 2. The van der Waals surface area contributed by atoms with Gasteiger partial charge >= 0.3 is 15.2 Å². The van der Waals surface area contributed by atoms with Crippen LogP contribution < -0.4 is 10.6 Å². The molecule has 0 radical (unpaired) electrons. The van der Waals surface area contributed by atoms with Gasteiger partial charge in [0, 0.05) is 26.2 Å². The second-order valence-electron chi connectivity index (χ2n) is 16.3. The van der Waals surface area contributed by atoms with Crippen LogP contribution in [-0.4, -0.2) is 78.0 Å². The Labute approximate surface area is 396 Å². The summed E-state index contributed by atoms with van der Waals surface area (Å²) in [7, 11) is -9.04. The van der Waals surface area contributed by atoms with E-state index in [0.29, 0.717) is 22.3 Å². The number of ether oxygens (including phenoxy) is 1. The summed E-state index contributed by atoms with van der Waals surface area (Å²) in [6.07, 6.45) is -2.08. The summed E-state index contributed by atoms with van der Waals surface area (Å²) in [5, 5.41) is 5.65. The minimum absolute atomic E-state index is 0.0725. The lowest BCUT2D eigenvalue weighted by Gasteiger charge is -2.42. The van der Waals surface area contributed by atoms with Crippen LogP contribution in [0.1, 0.15) is 39.4 Å². The van der Waals surface area contributed by atoms with Crippen molar-refractivity contribution in [3.05, 3.63) is 215 Å². The standard InChI is InChI=1S/C52H54N4O10P2/c57-46(35-53-50(58)48-49(66-48)51(59)54-47(44-27-15-5-16-28-44)45-29-17-6-18-30-45)55-31-33-56(34-32-55)52(67(60,62-36-40-19-7-1-8-20-40)63-37-41-21-9-2-10-22-41)68(61,64-38-42-23-11-3-12-24-42)65-39-43-25-13-4-14-26-43/h1-30,47-49,52H,31-39H2,(H,53,58)(H,54,59)/t48-,49-/m0/s1. The molecule has 2 N–H and O–H groups in total. The van der Waals surface area contributed by atoms with Gasteiger partial charge in [0.15, 0.2) is 12.2 Å². The average molecular weight is 957 g/mol. The van der Waals surface area contributed by atoms with Gasteiger partial charge in [-0.05, 0) is 33.4 Å². The molecule has 2 atom stereocenters. The van der Waals surface area contributed by atoms with Gasteiger partial charge in [-0.1, -0.05) is 182 Å². The predicted molar refractivity (Wildman–Crippen MR) is 257 cm³/mol. The van der Waals surface area contributed by atoms with E-state index in [2.05, 4.69) is 10.6 Å². The molecule has 2 saturated heterocycles. The minimum Gasteiger partial charge on any atom is -0.349 e. The predicted octanol–water partition coefficient (Wildman–Crippen LogP) is 8.46. The van der Waals surface area contributed by atoms with E-state index in [1.165, 1.54) is 0 Å². The maximum Gasteiger partial charge on any atom is 0.360 e. The van der Waals surface area contributed by atoms with Crippen LogP contribution in [0, 0.1) is 0 Å². The molecule has 352 valence electrons. The molecule has 0 aromatic heterocycles. The lowest BCUT2D eigenvalue weighted by atomic mass is 9.98. The van der Waals surface area contributed by atoms with Gasteiger partial charge < -0.3 is 38.4 Å². The van der Waals surface area contributed by atoms with Crippen molar-refractivity contribution in [3.63, 3.8) is 0 Å². The fraction of sp³-hybridized carbons (Fsp3) is 0.250. The average Bonchev–Trinajstić information content (AvgIpc) is 4.21. The SMILES string of the molecule is O=C(NCC(=O)N1CCN(C(P(=O)(OCc2ccccc2)OCc2ccccc2)P(=O)(OCc2ccccc2)OCc2ccccc2)CC1)[C@H]1O[C@@H]1C(=O)NC(c1ccccc1)c1ccccc1. The highest BCUT2D eigenvalue weighted by molar-refractivity contribution is 7.72. The third-order valence-electron chi connectivity index (χ3n) is 11.5. The quantitative estimate of drug-likeness (QED) is 0.0496.